The van der Waals surface area contributed by atoms with E-state index in [9.17, 15) is 0 Å². The number of benzene rings is 2. The molecule has 1 N–H and O–H groups in total. The molecule has 0 aliphatic carbocycles. The largest absolute Gasteiger partial charge is 0.496 e. The van der Waals surface area contributed by atoms with Crippen LogP contribution in [0.3, 0.4) is 0 Å². The highest BCUT2D eigenvalue weighted by atomic mass is 79.9. The zero-order valence-electron chi connectivity index (χ0n) is 11.5. The van der Waals surface area contributed by atoms with Crippen LogP contribution in [0, 0.1) is 13.8 Å². The molecular weight excluding hydrogens is 302 g/mol. The Balaban J connectivity index is 2.08. The van der Waals surface area contributed by atoms with E-state index in [1.165, 1.54) is 16.7 Å². The first-order chi connectivity index (χ1) is 9.08. The van der Waals surface area contributed by atoms with Crippen molar-refractivity contribution in [2.45, 2.75) is 20.4 Å². The summed E-state index contributed by atoms with van der Waals surface area (Å²) in [5.74, 6) is 0.844. The SMILES string of the molecule is COc1ccc(NCc2cc(C)cc(C)c2)cc1Br. The normalized spacial score (nSPS) is 10.3. The summed E-state index contributed by atoms with van der Waals surface area (Å²) in [5.41, 5.74) is 4.97. The molecule has 0 unspecified atom stereocenters. The first-order valence-electron chi connectivity index (χ1n) is 6.23. The number of methoxy groups -OCH3 is 1. The van der Waals surface area contributed by atoms with Crippen LogP contribution < -0.4 is 10.1 Å². The van der Waals surface area contributed by atoms with Gasteiger partial charge in [-0.2, -0.15) is 0 Å². The lowest BCUT2D eigenvalue weighted by Crippen LogP contribution is -2.00. The van der Waals surface area contributed by atoms with Gasteiger partial charge in [0.2, 0.25) is 0 Å². The van der Waals surface area contributed by atoms with Crippen LogP contribution in [0.5, 0.6) is 5.75 Å². The molecule has 100 valence electrons. The maximum atomic E-state index is 5.22. The Labute approximate surface area is 122 Å². The van der Waals surface area contributed by atoms with Crippen LogP contribution in [0.15, 0.2) is 40.9 Å². The van der Waals surface area contributed by atoms with Crippen molar-refractivity contribution in [2.75, 3.05) is 12.4 Å². The van der Waals surface area contributed by atoms with Gasteiger partial charge in [0.15, 0.2) is 0 Å². The number of aryl methyl sites for hydroxylation is 2. The molecule has 2 rings (SSSR count). The summed E-state index contributed by atoms with van der Waals surface area (Å²) < 4.78 is 6.18. The second-order valence-electron chi connectivity index (χ2n) is 4.70. The molecule has 0 bridgehead atoms. The standard InChI is InChI=1S/C16H18BrNO/c1-11-6-12(2)8-13(7-11)10-18-14-4-5-16(19-3)15(17)9-14/h4-9,18H,10H2,1-3H3. The van der Waals surface area contributed by atoms with E-state index in [-0.39, 0.29) is 0 Å². The minimum Gasteiger partial charge on any atom is -0.496 e. The van der Waals surface area contributed by atoms with E-state index < -0.39 is 0 Å². The Morgan fingerprint density at radius 2 is 1.74 bits per heavy atom. The summed E-state index contributed by atoms with van der Waals surface area (Å²) in [5, 5.41) is 3.42. The van der Waals surface area contributed by atoms with E-state index in [0.717, 1.165) is 22.5 Å². The highest BCUT2D eigenvalue weighted by molar-refractivity contribution is 9.10. The van der Waals surface area contributed by atoms with Gasteiger partial charge >= 0.3 is 0 Å². The van der Waals surface area contributed by atoms with E-state index in [1.807, 2.05) is 18.2 Å². The highest BCUT2D eigenvalue weighted by Gasteiger charge is 2.01. The van der Waals surface area contributed by atoms with Gasteiger partial charge in [-0.3, -0.25) is 0 Å². The molecule has 0 radical (unpaired) electrons. The number of halogens is 1. The van der Waals surface area contributed by atoms with Gasteiger partial charge in [0.25, 0.3) is 0 Å². The van der Waals surface area contributed by atoms with E-state index in [1.54, 1.807) is 7.11 Å². The molecule has 2 nitrogen and oxygen atoms in total. The summed E-state index contributed by atoms with van der Waals surface area (Å²) in [6, 6.07) is 12.6. The van der Waals surface area contributed by atoms with Gasteiger partial charge in [0.05, 0.1) is 11.6 Å². The molecule has 0 saturated carbocycles. The Kier molecular flexibility index (Phi) is 4.48. The van der Waals surface area contributed by atoms with Gasteiger partial charge in [0, 0.05) is 12.2 Å². The molecule has 0 amide bonds. The lowest BCUT2D eigenvalue weighted by Gasteiger charge is -2.10. The Bertz CT molecular complexity index is 561. The summed E-state index contributed by atoms with van der Waals surface area (Å²) in [7, 11) is 1.67. The second kappa shape index (κ2) is 6.11. The smallest absolute Gasteiger partial charge is 0.133 e. The van der Waals surface area contributed by atoms with Crippen LogP contribution in [-0.2, 0) is 6.54 Å². The Morgan fingerprint density at radius 1 is 1.05 bits per heavy atom. The number of hydrogen-bond donors (Lipinski definition) is 1. The van der Waals surface area contributed by atoms with Crippen molar-refractivity contribution in [3.05, 3.63) is 57.6 Å². The van der Waals surface area contributed by atoms with Crippen LogP contribution in [0.25, 0.3) is 0 Å². The van der Waals surface area contributed by atoms with Gasteiger partial charge in [0.1, 0.15) is 5.75 Å². The third kappa shape index (κ3) is 3.74. The van der Waals surface area contributed by atoms with Gasteiger partial charge in [-0.05, 0) is 53.5 Å². The second-order valence-corrected chi connectivity index (χ2v) is 5.55. The fraction of sp³-hybridized carbons (Fsp3) is 0.250. The van der Waals surface area contributed by atoms with E-state index in [0.29, 0.717) is 0 Å². The fourth-order valence-corrected chi connectivity index (χ4v) is 2.69. The minimum absolute atomic E-state index is 0.821. The number of hydrogen-bond acceptors (Lipinski definition) is 2. The van der Waals surface area contributed by atoms with Crippen LogP contribution in [0.1, 0.15) is 16.7 Å². The molecule has 0 heterocycles. The van der Waals surface area contributed by atoms with Crippen molar-refractivity contribution < 1.29 is 4.74 Å². The van der Waals surface area contributed by atoms with Gasteiger partial charge < -0.3 is 10.1 Å². The molecule has 0 atom stereocenters. The van der Waals surface area contributed by atoms with Crippen molar-refractivity contribution in [1.29, 1.82) is 0 Å². The zero-order valence-corrected chi connectivity index (χ0v) is 13.0. The van der Waals surface area contributed by atoms with E-state index in [2.05, 4.69) is 53.3 Å². The maximum Gasteiger partial charge on any atom is 0.133 e. The number of rotatable bonds is 4. The molecule has 19 heavy (non-hydrogen) atoms. The third-order valence-corrected chi connectivity index (χ3v) is 3.55. The van der Waals surface area contributed by atoms with Gasteiger partial charge in [-0.25, -0.2) is 0 Å². The minimum atomic E-state index is 0.821. The molecule has 0 aliphatic rings. The van der Waals surface area contributed by atoms with Gasteiger partial charge in [-0.15, -0.1) is 0 Å². The molecule has 0 fully saturated rings. The Morgan fingerprint density at radius 3 is 2.32 bits per heavy atom. The lowest BCUT2D eigenvalue weighted by atomic mass is 10.1. The summed E-state index contributed by atoms with van der Waals surface area (Å²) >= 11 is 3.49. The zero-order chi connectivity index (χ0) is 13.8. The molecule has 0 saturated heterocycles. The summed E-state index contributed by atoms with van der Waals surface area (Å²) in [4.78, 5) is 0. The molecule has 0 aromatic heterocycles. The van der Waals surface area contributed by atoms with E-state index >= 15 is 0 Å². The van der Waals surface area contributed by atoms with E-state index in [4.69, 9.17) is 4.74 Å². The monoisotopic (exact) mass is 319 g/mol. The maximum absolute atomic E-state index is 5.22. The quantitative estimate of drug-likeness (QED) is 0.883. The van der Waals surface area contributed by atoms with Crippen molar-refractivity contribution in [3.8, 4) is 5.75 Å². The molecular formula is C16H18BrNO. The first kappa shape index (κ1) is 13.9. The summed E-state index contributed by atoms with van der Waals surface area (Å²) in [6.07, 6.45) is 0. The predicted octanol–water partition coefficient (Wildman–Crippen LogP) is 4.69. The topological polar surface area (TPSA) is 21.3 Å². The van der Waals surface area contributed by atoms with Crippen LogP contribution >= 0.6 is 15.9 Å². The van der Waals surface area contributed by atoms with Crippen molar-refractivity contribution >= 4 is 21.6 Å². The number of anilines is 1. The highest BCUT2D eigenvalue weighted by Crippen LogP contribution is 2.27. The van der Waals surface area contributed by atoms with Gasteiger partial charge in [-0.1, -0.05) is 29.3 Å². The number of nitrogens with one attached hydrogen (secondary N) is 1. The number of ether oxygens (including phenoxy) is 1. The molecule has 0 spiro atoms. The third-order valence-electron chi connectivity index (χ3n) is 2.93. The molecule has 3 heteroatoms. The molecule has 2 aromatic carbocycles. The molecule has 0 aliphatic heterocycles. The average molecular weight is 320 g/mol. The van der Waals surface area contributed by atoms with Crippen LogP contribution in [0.4, 0.5) is 5.69 Å². The first-order valence-corrected chi connectivity index (χ1v) is 7.02. The van der Waals surface area contributed by atoms with Crippen LogP contribution in [-0.4, -0.2) is 7.11 Å². The van der Waals surface area contributed by atoms with Crippen molar-refractivity contribution in [1.82, 2.24) is 0 Å². The van der Waals surface area contributed by atoms with Crippen molar-refractivity contribution in [3.63, 3.8) is 0 Å². The predicted molar refractivity (Wildman–Crippen MR) is 83.9 cm³/mol. The van der Waals surface area contributed by atoms with Crippen molar-refractivity contribution in [2.24, 2.45) is 0 Å². The lowest BCUT2D eigenvalue weighted by molar-refractivity contribution is 0.412. The van der Waals surface area contributed by atoms with Crippen LogP contribution in [0.2, 0.25) is 0 Å². The fourth-order valence-electron chi connectivity index (χ4n) is 2.15. The summed E-state index contributed by atoms with van der Waals surface area (Å²) in [6.45, 7) is 5.07. The molecule has 2 aromatic rings. The Hall–Kier alpha value is -1.48. The average Bonchev–Trinajstić information content (AvgIpc) is 2.35.